The van der Waals surface area contributed by atoms with E-state index in [4.69, 9.17) is 11.6 Å². The number of fused-ring (bicyclic) bond motifs is 1. The summed E-state index contributed by atoms with van der Waals surface area (Å²) < 4.78 is 2.20. The molecule has 8 heteroatoms. The van der Waals surface area contributed by atoms with Gasteiger partial charge in [-0.05, 0) is 25.1 Å². The third kappa shape index (κ3) is 2.43. The zero-order valence-corrected chi connectivity index (χ0v) is 13.2. The lowest BCUT2D eigenvalue weighted by atomic mass is 10.2. The Balaban J connectivity index is 2.33. The molecule has 0 spiro atoms. The average molecular weight is 370 g/mol. The Morgan fingerprint density at radius 3 is 2.71 bits per heavy atom. The van der Waals surface area contributed by atoms with Gasteiger partial charge in [0.15, 0.2) is 5.65 Å². The van der Waals surface area contributed by atoms with Crippen molar-refractivity contribution in [3.05, 3.63) is 48.5 Å². The standard InChI is InChI=1S/C13H10BrClN4O2/c1-2-19-11-9(12(20)18-13(19)21)16-10(17-11)6-3-7(14)5-8(15)4-6/h3-5H,2H2,1H3,(H,16,17)(H,18,20,21). The number of H-pyrrole nitrogens is 2. The van der Waals surface area contributed by atoms with Gasteiger partial charge in [0, 0.05) is 21.6 Å². The molecule has 21 heavy (non-hydrogen) atoms. The number of aryl methyl sites for hydroxylation is 1. The fourth-order valence-electron chi connectivity index (χ4n) is 2.16. The van der Waals surface area contributed by atoms with Crippen LogP contribution in [-0.2, 0) is 6.54 Å². The van der Waals surface area contributed by atoms with Crippen molar-refractivity contribution < 1.29 is 0 Å². The van der Waals surface area contributed by atoms with Crippen molar-refractivity contribution in [2.45, 2.75) is 13.5 Å². The summed E-state index contributed by atoms with van der Waals surface area (Å²) in [6, 6.07) is 5.31. The Morgan fingerprint density at radius 2 is 2.05 bits per heavy atom. The predicted molar refractivity (Wildman–Crippen MR) is 84.8 cm³/mol. The van der Waals surface area contributed by atoms with Crippen LogP contribution >= 0.6 is 27.5 Å². The smallest absolute Gasteiger partial charge is 0.330 e. The highest BCUT2D eigenvalue weighted by Gasteiger charge is 2.13. The summed E-state index contributed by atoms with van der Waals surface area (Å²) in [5.41, 5.74) is 0.361. The molecule has 1 aromatic carbocycles. The van der Waals surface area contributed by atoms with Crippen molar-refractivity contribution in [3.8, 4) is 11.4 Å². The van der Waals surface area contributed by atoms with E-state index in [1.165, 1.54) is 4.57 Å². The number of rotatable bonds is 2. The maximum Gasteiger partial charge on any atom is 0.330 e. The lowest BCUT2D eigenvalue weighted by Gasteiger charge is -2.00. The molecule has 0 unspecified atom stereocenters. The molecule has 0 bridgehead atoms. The molecule has 0 saturated carbocycles. The number of imidazole rings is 1. The minimum absolute atomic E-state index is 0.266. The van der Waals surface area contributed by atoms with Crippen LogP contribution in [0.5, 0.6) is 0 Å². The maximum absolute atomic E-state index is 11.9. The first kappa shape index (κ1) is 14.1. The van der Waals surface area contributed by atoms with Gasteiger partial charge in [0.1, 0.15) is 11.3 Å². The minimum atomic E-state index is -0.487. The molecule has 108 valence electrons. The number of hydrogen-bond acceptors (Lipinski definition) is 3. The second-order valence-corrected chi connectivity index (χ2v) is 5.80. The van der Waals surface area contributed by atoms with Crippen molar-refractivity contribution in [3.63, 3.8) is 0 Å². The second kappa shape index (κ2) is 5.16. The molecular weight excluding hydrogens is 360 g/mol. The van der Waals surface area contributed by atoms with Crippen molar-refractivity contribution in [2.24, 2.45) is 0 Å². The molecule has 2 aromatic heterocycles. The fourth-order valence-corrected chi connectivity index (χ4v) is 3.02. The second-order valence-electron chi connectivity index (χ2n) is 4.45. The third-order valence-corrected chi connectivity index (χ3v) is 3.76. The summed E-state index contributed by atoms with van der Waals surface area (Å²) in [7, 11) is 0. The van der Waals surface area contributed by atoms with Gasteiger partial charge in [-0.1, -0.05) is 27.5 Å². The Kier molecular flexibility index (Phi) is 3.46. The van der Waals surface area contributed by atoms with Gasteiger partial charge >= 0.3 is 5.69 Å². The van der Waals surface area contributed by atoms with Gasteiger partial charge in [0.2, 0.25) is 0 Å². The molecule has 3 aromatic rings. The molecule has 6 nitrogen and oxygen atoms in total. The zero-order valence-electron chi connectivity index (χ0n) is 10.9. The largest absolute Gasteiger partial charge is 0.332 e. The van der Waals surface area contributed by atoms with Crippen molar-refractivity contribution in [2.75, 3.05) is 0 Å². The average Bonchev–Trinajstić information content (AvgIpc) is 2.83. The molecule has 0 atom stereocenters. The molecule has 2 heterocycles. The van der Waals surface area contributed by atoms with E-state index in [9.17, 15) is 9.59 Å². The topological polar surface area (TPSA) is 83.5 Å². The number of aromatic nitrogens is 4. The Hall–Kier alpha value is -1.86. The molecule has 0 radical (unpaired) electrons. The maximum atomic E-state index is 11.9. The highest BCUT2D eigenvalue weighted by Crippen LogP contribution is 2.26. The van der Waals surface area contributed by atoms with E-state index in [0.717, 1.165) is 10.0 Å². The summed E-state index contributed by atoms with van der Waals surface area (Å²) in [5, 5.41) is 0.543. The van der Waals surface area contributed by atoms with Crippen LogP contribution < -0.4 is 11.2 Å². The summed E-state index contributed by atoms with van der Waals surface area (Å²) in [4.78, 5) is 33.2. The quantitative estimate of drug-likeness (QED) is 0.728. The van der Waals surface area contributed by atoms with Crippen molar-refractivity contribution >= 4 is 38.7 Å². The number of nitrogens with zero attached hydrogens (tertiary/aromatic N) is 2. The summed E-state index contributed by atoms with van der Waals surface area (Å²) in [6.45, 7) is 2.22. The summed E-state index contributed by atoms with van der Waals surface area (Å²) >= 11 is 9.38. The van der Waals surface area contributed by atoms with Crippen LogP contribution in [-0.4, -0.2) is 19.5 Å². The Morgan fingerprint density at radius 1 is 1.29 bits per heavy atom. The van der Waals surface area contributed by atoms with E-state index in [-0.39, 0.29) is 5.52 Å². The minimum Gasteiger partial charge on any atom is -0.332 e. The van der Waals surface area contributed by atoms with Gasteiger partial charge in [-0.15, -0.1) is 0 Å². The summed E-state index contributed by atoms with van der Waals surface area (Å²) in [5.74, 6) is 0.478. The fraction of sp³-hybridized carbons (Fsp3) is 0.154. The van der Waals surface area contributed by atoms with Crippen LogP contribution in [0.25, 0.3) is 22.6 Å². The normalized spacial score (nSPS) is 11.2. The SMILES string of the molecule is CCn1c(=O)[nH]c(=O)c2[nH]c(-c3cc(Cl)cc(Br)c3)nc21. The Bertz CT molecular complexity index is 937. The lowest BCUT2D eigenvalue weighted by Crippen LogP contribution is -2.29. The van der Waals surface area contributed by atoms with Crippen LogP contribution in [0, 0.1) is 0 Å². The molecule has 0 amide bonds. The van der Waals surface area contributed by atoms with Crippen molar-refractivity contribution in [1.82, 2.24) is 19.5 Å². The first-order valence-corrected chi connectivity index (χ1v) is 7.36. The van der Waals surface area contributed by atoms with Crippen LogP contribution in [0.15, 0.2) is 32.3 Å². The first-order valence-electron chi connectivity index (χ1n) is 6.19. The van der Waals surface area contributed by atoms with Gasteiger partial charge in [-0.3, -0.25) is 14.3 Å². The van der Waals surface area contributed by atoms with Crippen LogP contribution in [0.3, 0.4) is 0 Å². The molecular formula is C13H10BrClN4O2. The molecule has 0 aliphatic carbocycles. The van der Waals surface area contributed by atoms with Gasteiger partial charge < -0.3 is 4.98 Å². The van der Waals surface area contributed by atoms with E-state index in [1.807, 2.05) is 13.0 Å². The van der Waals surface area contributed by atoms with E-state index >= 15 is 0 Å². The lowest BCUT2D eigenvalue weighted by molar-refractivity contribution is 0.720. The van der Waals surface area contributed by atoms with Gasteiger partial charge in [-0.2, -0.15) is 0 Å². The number of nitrogens with one attached hydrogen (secondary N) is 2. The van der Waals surface area contributed by atoms with E-state index < -0.39 is 11.2 Å². The number of halogens is 2. The molecule has 0 aliphatic heterocycles. The van der Waals surface area contributed by atoms with E-state index in [1.54, 1.807) is 12.1 Å². The molecule has 0 fully saturated rings. The highest BCUT2D eigenvalue weighted by molar-refractivity contribution is 9.10. The van der Waals surface area contributed by atoms with Crippen LogP contribution in [0.4, 0.5) is 0 Å². The van der Waals surface area contributed by atoms with Gasteiger partial charge in [0.05, 0.1) is 0 Å². The summed E-state index contributed by atoms with van der Waals surface area (Å²) in [6.07, 6.45) is 0. The van der Waals surface area contributed by atoms with Gasteiger partial charge in [0.25, 0.3) is 5.56 Å². The zero-order chi connectivity index (χ0) is 15.1. The van der Waals surface area contributed by atoms with Crippen LogP contribution in [0.1, 0.15) is 6.92 Å². The highest BCUT2D eigenvalue weighted by atomic mass is 79.9. The van der Waals surface area contributed by atoms with E-state index in [2.05, 4.69) is 30.9 Å². The molecule has 0 aliphatic rings. The van der Waals surface area contributed by atoms with Crippen LogP contribution in [0.2, 0.25) is 5.02 Å². The molecule has 2 N–H and O–H groups in total. The first-order chi connectivity index (χ1) is 9.99. The predicted octanol–water partition coefficient (Wildman–Crippen LogP) is 2.52. The molecule has 0 saturated heterocycles. The third-order valence-electron chi connectivity index (χ3n) is 3.09. The molecule has 3 rings (SSSR count). The number of aromatic amines is 2. The Labute approximate surface area is 131 Å². The number of benzene rings is 1. The van der Waals surface area contributed by atoms with Gasteiger partial charge in [-0.25, -0.2) is 9.78 Å². The number of hydrogen-bond donors (Lipinski definition) is 2. The van der Waals surface area contributed by atoms with E-state index in [0.29, 0.717) is 23.0 Å². The monoisotopic (exact) mass is 368 g/mol. The van der Waals surface area contributed by atoms with Crippen molar-refractivity contribution in [1.29, 1.82) is 0 Å².